The molecule has 0 aromatic rings. The Balaban J connectivity index is 2.39. The molecule has 1 amide bonds. The molecule has 2 atom stereocenters. The minimum absolute atomic E-state index is 0.149. The van der Waals surface area contributed by atoms with Gasteiger partial charge >= 0.3 is 6.09 Å². The van der Waals surface area contributed by atoms with Crippen molar-refractivity contribution in [3.05, 3.63) is 0 Å². The molecule has 0 aliphatic carbocycles. The van der Waals surface area contributed by atoms with Crippen molar-refractivity contribution < 1.29 is 13.9 Å². The van der Waals surface area contributed by atoms with Gasteiger partial charge in [-0.2, -0.15) is 0 Å². The topological polar surface area (TPSA) is 38.3 Å². The molecule has 1 N–H and O–H groups in total. The van der Waals surface area contributed by atoms with Gasteiger partial charge in [0.25, 0.3) is 0 Å². The van der Waals surface area contributed by atoms with Gasteiger partial charge < -0.3 is 10.1 Å². The fraction of sp³-hybridized carbons (Fsp3) is 0.800. The third kappa shape index (κ3) is 1.31. The van der Waals surface area contributed by atoms with Crippen LogP contribution in [0.4, 0.5) is 9.18 Å². The molecule has 0 spiro atoms. The zero-order chi connectivity index (χ0) is 6.85. The maximum atomic E-state index is 12.3. The molecular formula is C5H8FNO2. The van der Waals surface area contributed by atoms with Gasteiger partial charge in [-0.3, -0.25) is 0 Å². The van der Waals surface area contributed by atoms with Gasteiger partial charge in [-0.15, -0.1) is 0 Å². The van der Waals surface area contributed by atoms with Crippen molar-refractivity contribution in [3.63, 3.8) is 0 Å². The third-order valence-electron chi connectivity index (χ3n) is 1.25. The van der Waals surface area contributed by atoms with E-state index < -0.39 is 18.3 Å². The van der Waals surface area contributed by atoms with Crippen molar-refractivity contribution in [1.29, 1.82) is 0 Å². The van der Waals surface area contributed by atoms with E-state index in [1.807, 2.05) is 0 Å². The first-order valence-electron chi connectivity index (χ1n) is 2.77. The molecule has 0 unspecified atom stereocenters. The van der Waals surface area contributed by atoms with Crippen molar-refractivity contribution in [1.82, 2.24) is 5.32 Å². The number of amides is 1. The van der Waals surface area contributed by atoms with Gasteiger partial charge in [-0.05, 0) is 6.92 Å². The van der Waals surface area contributed by atoms with Gasteiger partial charge in [0.1, 0.15) is 12.8 Å². The summed E-state index contributed by atoms with van der Waals surface area (Å²) in [6, 6.07) is -0.447. The van der Waals surface area contributed by atoms with Crippen LogP contribution < -0.4 is 5.32 Å². The highest BCUT2D eigenvalue weighted by atomic mass is 19.1. The number of carbonyl (C=O) groups is 1. The molecule has 3 nitrogen and oxygen atoms in total. The Morgan fingerprint density at radius 2 is 2.67 bits per heavy atom. The van der Waals surface area contributed by atoms with Crippen LogP contribution in [0.5, 0.6) is 0 Å². The Labute approximate surface area is 52.2 Å². The molecule has 0 bridgehead atoms. The molecule has 0 aromatic heterocycles. The number of carbonyl (C=O) groups excluding carboxylic acids is 1. The van der Waals surface area contributed by atoms with Crippen LogP contribution in [-0.2, 0) is 4.74 Å². The van der Waals surface area contributed by atoms with E-state index in [9.17, 15) is 9.18 Å². The summed E-state index contributed by atoms with van der Waals surface area (Å²) in [4.78, 5) is 10.3. The van der Waals surface area contributed by atoms with Crippen LogP contribution in [0.2, 0.25) is 0 Å². The summed E-state index contributed by atoms with van der Waals surface area (Å²) in [6.07, 6.45) is -1.55. The van der Waals surface area contributed by atoms with E-state index in [0.717, 1.165) is 0 Å². The summed E-state index contributed by atoms with van der Waals surface area (Å²) >= 11 is 0. The molecule has 1 aliphatic heterocycles. The molecule has 52 valence electrons. The number of alkyl carbamates (subject to hydrolysis) is 1. The van der Waals surface area contributed by atoms with Gasteiger partial charge in [0.05, 0.1) is 6.04 Å². The molecule has 0 saturated carbocycles. The molecule has 1 heterocycles. The van der Waals surface area contributed by atoms with E-state index in [2.05, 4.69) is 10.1 Å². The number of rotatable bonds is 1. The molecule has 1 saturated heterocycles. The van der Waals surface area contributed by atoms with Crippen LogP contribution in [0.1, 0.15) is 6.92 Å². The summed E-state index contributed by atoms with van der Waals surface area (Å²) in [5.41, 5.74) is 0. The number of nitrogens with one attached hydrogen (secondary N) is 1. The summed E-state index contributed by atoms with van der Waals surface area (Å²) in [5.74, 6) is 0. The lowest BCUT2D eigenvalue weighted by atomic mass is 10.2. The highest BCUT2D eigenvalue weighted by molar-refractivity contribution is 5.69. The first-order chi connectivity index (χ1) is 4.20. The lowest BCUT2D eigenvalue weighted by Crippen LogP contribution is -2.33. The fourth-order valence-corrected chi connectivity index (χ4v) is 0.648. The van der Waals surface area contributed by atoms with Crippen LogP contribution >= 0.6 is 0 Å². The molecule has 1 fully saturated rings. The fourth-order valence-electron chi connectivity index (χ4n) is 0.648. The van der Waals surface area contributed by atoms with Gasteiger partial charge in [0, 0.05) is 0 Å². The number of cyclic esters (lactones) is 1. The number of halogens is 1. The zero-order valence-electron chi connectivity index (χ0n) is 5.06. The molecule has 0 radical (unpaired) electrons. The Hall–Kier alpha value is -0.800. The quantitative estimate of drug-likeness (QED) is 0.564. The van der Waals surface area contributed by atoms with E-state index in [4.69, 9.17) is 0 Å². The number of hydrogen-bond donors (Lipinski definition) is 1. The number of ether oxygens (including phenoxy) is 1. The second-order valence-corrected chi connectivity index (χ2v) is 2.03. The molecule has 4 heteroatoms. The van der Waals surface area contributed by atoms with Crippen molar-refractivity contribution in [2.24, 2.45) is 0 Å². The monoisotopic (exact) mass is 133 g/mol. The van der Waals surface area contributed by atoms with Gasteiger partial charge in [0.15, 0.2) is 0 Å². The number of alkyl halides is 1. The summed E-state index contributed by atoms with van der Waals surface area (Å²) < 4.78 is 16.7. The maximum Gasteiger partial charge on any atom is 0.407 e. The average molecular weight is 133 g/mol. The Kier molecular flexibility index (Phi) is 1.55. The first kappa shape index (κ1) is 6.32. The summed E-state index contributed by atoms with van der Waals surface area (Å²) in [5, 5.41) is 2.32. The third-order valence-corrected chi connectivity index (χ3v) is 1.25. The molecule has 9 heavy (non-hydrogen) atoms. The van der Waals surface area contributed by atoms with Gasteiger partial charge in [-0.1, -0.05) is 0 Å². The van der Waals surface area contributed by atoms with Crippen LogP contribution in [0.3, 0.4) is 0 Å². The van der Waals surface area contributed by atoms with Crippen LogP contribution in [0, 0.1) is 0 Å². The van der Waals surface area contributed by atoms with Gasteiger partial charge in [0.2, 0.25) is 0 Å². The van der Waals surface area contributed by atoms with Gasteiger partial charge in [-0.25, -0.2) is 9.18 Å². The molecular weight excluding hydrogens is 125 g/mol. The van der Waals surface area contributed by atoms with Crippen LogP contribution in [-0.4, -0.2) is 24.9 Å². The lowest BCUT2D eigenvalue weighted by molar-refractivity contribution is 0.173. The summed E-state index contributed by atoms with van der Waals surface area (Å²) in [6.45, 7) is 1.54. The minimum Gasteiger partial charge on any atom is -0.447 e. The highest BCUT2D eigenvalue weighted by Crippen LogP contribution is 2.04. The minimum atomic E-state index is -1.03. The van der Waals surface area contributed by atoms with Crippen molar-refractivity contribution in [3.8, 4) is 0 Å². The molecule has 1 rings (SSSR count). The second kappa shape index (κ2) is 2.21. The molecule has 0 aromatic carbocycles. The summed E-state index contributed by atoms with van der Waals surface area (Å²) in [7, 11) is 0. The number of hydrogen-bond acceptors (Lipinski definition) is 2. The van der Waals surface area contributed by atoms with E-state index in [1.165, 1.54) is 6.92 Å². The normalized spacial score (nSPS) is 29.1. The Morgan fingerprint density at radius 1 is 2.00 bits per heavy atom. The Morgan fingerprint density at radius 3 is 2.89 bits per heavy atom. The van der Waals surface area contributed by atoms with E-state index in [0.29, 0.717) is 0 Å². The van der Waals surface area contributed by atoms with E-state index in [-0.39, 0.29) is 6.61 Å². The molecule has 1 aliphatic rings. The van der Waals surface area contributed by atoms with Crippen molar-refractivity contribution in [2.45, 2.75) is 19.1 Å². The lowest BCUT2D eigenvalue weighted by Gasteiger charge is -2.05. The van der Waals surface area contributed by atoms with Crippen molar-refractivity contribution >= 4 is 6.09 Å². The highest BCUT2D eigenvalue weighted by Gasteiger charge is 2.26. The maximum absolute atomic E-state index is 12.3. The SMILES string of the molecule is C[C@@H](F)[C@@H]1COC(=O)N1. The standard InChI is InChI=1S/C5H8FNO2/c1-3(6)4-2-9-5(8)7-4/h3-4H,2H2,1H3,(H,7,8)/t3-,4+/m1/s1. The smallest absolute Gasteiger partial charge is 0.407 e. The first-order valence-corrected chi connectivity index (χ1v) is 2.77. The Bertz CT molecular complexity index is 126. The van der Waals surface area contributed by atoms with Crippen LogP contribution in [0.25, 0.3) is 0 Å². The van der Waals surface area contributed by atoms with E-state index >= 15 is 0 Å². The predicted molar refractivity (Wildman–Crippen MR) is 28.8 cm³/mol. The van der Waals surface area contributed by atoms with Crippen LogP contribution in [0.15, 0.2) is 0 Å². The average Bonchev–Trinajstić information content (AvgIpc) is 2.14. The zero-order valence-corrected chi connectivity index (χ0v) is 5.06. The second-order valence-electron chi connectivity index (χ2n) is 2.03. The van der Waals surface area contributed by atoms with E-state index in [1.54, 1.807) is 0 Å². The predicted octanol–water partition coefficient (Wildman–Crippen LogP) is 0.453. The largest absolute Gasteiger partial charge is 0.447 e. The van der Waals surface area contributed by atoms with Crippen molar-refractivity contribution in [2.75, 3.05) is 6.61 Å².